The Morgan fingerprint density at radius 3 is 2.52 bits per heavy atom. The van der Waals surface area contributed by atoms with Crippen LogP contribution in [0.5, 0.6) is 5.75 Å². The molecule has 14 heteroatoms. The second kappa shape index (κ2) is 13.3. The molecule has 0 unspecified atom stereocenters. The topological polar surface area (TPSA) is 75.6 Å². The Labute approximate surface area is 257 Å². The highest BCUT2D eigenvalue weighted by Crippen LogP contribution is 2.35. The van der Waals surface area contributed by atoms with Gasteiger partial charge in [-0.15, -0.1) is 11.3 Å². The Bertz CT molecular complexity index is 1540. The van der Waals surface area contributed by atoms with Crippen molar-refractivity contribution in [3.8, 4) is 5.75 Å². The van der Waals surface area contributed by atoms with E-state index in [9.17, 15) is 18.0 Å². The zero-order valence-electron chi connectivity index (χ0n) is 20.0. The first-order valence-corrected chi connectivity index (χ1v) is 14.5. The molecule has 1 heterocycles. The lowest BCUT2D eigenvalue weighted by Gasteiger charge is -2.12. The standard InChI is InChI=1S/C26H17Br2Cl2F3N4O2S/c27-19-6-15(7-20(28)24(19)39-12-14-4-5-21(29)22(30)8-14)11-34-37-23(38)10-18-13-40-25(36-18)35-17-3-1-2-16(9-17)26(31,32)33/h1-9,11,13H,10,12H2,(H,35,36)(H,37,38)/b34-11-. The molecule has 0 saturated carbocycles. The molecule has 0 atom stereocenters. The molecule has 1 aromatic heterocycles. The third-order valence-corrected chi connectivity index (χ3v) is 7.85. The van der Waals surface area contributed by atoms with Crippen LogP contribution in [0.3, 0.4) is 0 Å². The van der Waals surface area contributed by atoms with Gasteiger partial charge >= 0.3 is 6.18 Å². The average molecular weight is 737 g/mol. The molecule has 208 valence electrons. The van der Waals surface area contributed by atoms with E-state index >= 15 is 0 Å². The van der Waals surface area contributed by atoms with E-state index in [-0.39, 0.29) is 18.7 Å². The van der Waals surface area contributed by atoms with Gasteiger partial charge in [0, 0.05) is 11.1 Å². The van der Waals surface area contributed by atoms with Crippen molar-refractivity contribution in [1.29, 1.82) is 0 Å². The van der Waals surface area contributed by atoms with Gasteiger partial charge in [0.25, 0.3) is 0 Å². The number of hydrazone groups is 1. The molecule has 0 bridgehead atoms. The fourth-order valence-electron chi connectivity index (χ4n) is 3.30. The lowest BCUT2D eigenvalue weighted by molar-refractivity contribution is -0.137. The van der Waals surface area contributed by atoms with Gasteiger partial charge in [-0.1, -0.05) is 35.3 Å². The van der Waals surface area contributed by atoms with Crippen molar-refractivity contribution in [3.05, 3.63) is 101 Å². The van der Waals surface area contributed by atoms with Gasteiger partial charge in [-0.05, 0) is 85.5 Å². The van der Waals surface area contributed by atoms with Crippen LogP contribution in [0.2, 0.25) is 10.0 Å². The summed E-state index contributed by atoms with van der Waals surface area (Å²) in [4.78, 5) is 16.6. The number of rotatable bonds is 9. The third kappa shape index (κ3) is 8.43. The van der Waals surface area contributed by atoms with Gasteiger partial charge in [-0.25, -0.2) is 10.4 Å². The first-order valence-electron chi connectivity index (χ1n) is 11.2. The van der Waals surface area contributed by atoms with E-state index in [4.69, 9.17) is 27.9 Å². The molecule has 1 amide bonds. The van der Waals surface area contributed by atoms with Crippen LogP contribution in [0.15, 0.2) is 74.0 Å². The van der Waals surface area contributed by atoms with Gasteiger partial charge in [0.15, 0.2) is 5.13 Å². The fraction of sp³-hybridized carbons (Fsp3) is 0.115. The minimum absolute atomic E-state index is 0.0625. The lowest BCUT2D eigenvalue weighted by Crippen LogP contribution is -2.19. The summed E-state index contributed by atoms with van der Waals surface area (Å²) in [6.07, 6.45) is -3.04. The van der Waals surface area contributed by atoms with Crippen molar-refractivity contribution in [1.82, 2.24) is 10.4 Å². The van der Waals surface area contributed by atoms with Gasteiger partial charge in [0.2, 0.25) is 5.91 Å². The third-order valence-electron chi connectivity index (χ3n) is 5.13. The predicted octanol–water partition coefficient (Wildman–Crippen LogP) is 9.01. The molecule has 2 N–H and O–H groups in total. The van der Waals surface area contributed by atoms with Gasteiger partial charge in [0.1, 0.15) is 12.4 Å². The molecule has 0 aliphatic rings. The van der Waals surface area contributed by atoms with Crippen molar-refractivity contribution >= 4 is 89.3 Å². The number of hydrogen-bond donors (Lipinski definition) is 2. The number of benzene rings is 3. The molecule has 0 aliphatic heterocycles. The molecule has 0 aliphatic carbocycles. The summed E-state index contributed by atoms with van der Waals surface area (Å²) in [6, 6.07) is 13.6. The molecule has 0 radical (unpaired) electrons. The van der Waals surface area contributed by atoms with E-state index < -0.39 is 17.6 Å². The summed E-state index contributed by atoms with van der Waals surface area (Å²) in [6.45, 7) is 0.269. The molecular formula is C26H17Br2Cl2F3N4O2S. The quantitative estimate of drug-likeness (QED) is 0.133. The van der Waals surface area contributed by atoms with Crippen molar-refractivity contribution in [2.45, 2.75) is 19.2 Å². The van der Waals surface area contributed by atoms with Crippen molar-refractivity contribution in [2.24, 2.45) is 5.10 Å². The van der Waals surface area contributed by atoms with E-state index in [1.54, 1.807) is 29.6 Å². The minimum atomic E-state index is -4.44. The Hall–Kier alpha value is -2.64. The number of nitrogens with zero attached hydrogens (tertiary/aromatic N) is 2. The molecule has 40 heavy (non-hydrogen) atoms. The van der Waals surface area contributed by atoms with Crippen LogP contribution in [0.1, 0.15) is 22.4 Å². The van der Waals surface area contributed by atoms with Crippen LogP contribution in [0.4, 0.5) is 24.0 Å². The van der Waals surface area contributed by atoms with E-state index in [2.05, 4.69) is 52.7 Å². The minimum Gasteiger partial charge on any atom is -0.487 e. The molecular weight excluding hydrogens is 720 g/mol. The zero-order chi connectivity index (χ0) is 28.9. The smallest absolute Gasteiger partial charge is 0.416 e. The summed E-state index contributed by atoms with van der Waals surface area (Å²) < 4.78 is 46.0. The van der Waals surface area contributed by atoms with Gasteiger partial charge in [-0.3, -0.25) is 4.79 Å². The first kappa shape index (κ1) is 30.3. The summed E-state index contributed by atoms with van der Waals surface area (Å²) in [5, 5.41) is 9.73. The number of amides is 1. The van der Waals surface area contributed by atoms with Crippen LogP contribution < -0.4 is 15.5 Å². The second-order valence-electron chi connectivity index (χ2n) is 8.17. The van der Waals surface area contributed by atoms with Crippen LogP contribution in [-0.4, -0.2) is 17.1 Å². The number of ether oxygens (including phenoxy) is 1. The van der Waals surface area contributed by atoms with Crippen LogP contribution in [0, 0.1) is 0 Å². The van der Waals surface area contributed by atoms with Crippen LogP contribution >= 0.6 is 66.4 Å². The van der Waals surface area contributed by atoms with E-state index in [1.807, 2.05) is 6.07 Å². The van der Waals surface area contributed by atoms with Gasteiger partial charge < -0.3 is 10.1 Å². The molecule has 4 rings (SSSR count). The van der Waals surface area contributed by atoms with Crippen LogP contribution in [-0.2, 0) is 24.0 Å². The SMILES string of the molecule is O=C(Cc1csc(Nc2cccc(C(F)(F)F)c2)n1)N/N=C\c1cc(Br)c(OCc2ccc(Cl)c(Cl)c2)c(Br)c1. The largest absolute Gasteiger partial charge is 0.487 e. The molecule has 0 saturated heterocycles. The summed E-state index contributed by atoms with van der Waals surface area (Å²) >= 11 is 20.1. The molecule has 4 aromatic rings. The van der Waals surface area contributed by atoms with E-state index in [0.29, 0.717) is 41.1 Å². The first-order chi connectivity index (χ1) is 19.0. The maximum absolute atomic E-state index is 12.9. The van der Waals surface area contributed by atoms with Crippen molar-refractivity contribution in [2.75, 3.05) is 5.32 Å². The van der Waals surface area contributed by atoms with Gasteiger partial charge in [-0.2, -0.15) is 18.3 Å². The number of anilines is 2. The van der Waals surface area contributed by atoms with Crippen LogP contribution in [0.25, 0.3) is 0 Å². The number of carbonyl (C=O) groups is 1. The van der Waals surface area contributed by atoms with E-state index in [1.165, 1.54) is 29.7 Å². The Balaban J connectivity index is 1.30. The van der Waals surface area contributed by atoms with Gasteiger partial charge in [0.05, 0.1) is 42.9 Å². The molecule has 6 nitrogen and oxygen atoms in total. The number of nitrogens with one attached hydrogen (secondary N) is 2. The highest BCUT2D eigenvalue weighted by Gasteiger charge is 2.30. The predicted molar refractivity (Wildman–Crippen MR) is 159 cm³/mol. The summed E-state index contributed by atoms with van der Waals surface area (Å²) in [5.41, 5.74) is 3.89. The van der Waals surface area contributed by atoms with Crippen molar-refractivity contribution < 1.29 is 22.7 Å². The second-order valence-corrected chi connectivity index (χ2v) is 11.5. The number of aromatic nitrogens is 1. The summed E-state index contributed by atoms with van der Waals surface area (Å²) in [5.74, 6) is 0.164. The average Bonchev–Trinajstić information content (AvgIpc) is 3.31. The Morgan fingerprint density at radius 2 is 1.82 bits per heavy atom. The molecule has 3 aromatic carbocycles. The van der Waals surface area contributed by atoms with Crippen molar-refractivity contribution in [3.63, 3.8) is 0 Å². The maximum atomic E-state index is 12.9. The highest BCUT2D eigenvalue weighted by atomic mass is 79.9. The Kier molecular flexibility index (Phi) is 10.1. The maximum Gasteiger partial charge on any atom is 0.416 e. The normalized spacial score (nSPS) is 11.6. The fourth-order valence-corrected chi connectivity index (χ4v) is 5.80. The number of hydrogen-bond acceptors (Lipinski definition) is 6. The molecule has 0 fully saturated rings. The Morgan fingerprint density at radius 1 is 1.07 bits per heavy atom. The monoisotopic (exact) mass is 734 g/mol. The molecule has 0 spiro atoms. The zero-order valence-corrected chi connectivity index (χ0v) is 25.5. The number of halogens is 7. The summed E-state index contributed by atoms with van der Waals surface area (Å²) in [7, 11) is 0. The number of carbonyl (C=O) groups excluding carboxylic acids is 1. The van der Waals surface area contributed by atoms with E-state index in [0.717, 1.165) is 17.7 Å². The number of alkyl halides is 3. The highest BCUT2D eigenvalue weighted by molar-refractivity contribution is 9.11. The lowest BCUT2D eigenvalue weighted by atomic mass is 10.2. The number of thiazole rings is 1.